The molecule has 0 N–H and O–H groups in total. The molecule has 0 aliphatic rings. The van der Waals surface area contributed by atoms with Crippen LogP contribution in [-0.2, 0) is 0 Å². The van der Waals surface area contributed by atoms with E-state index in [2.05, 4.69) is 119 Å². The van der Waals surface area contributed by atoms with E-state index in [-0.39, 0.29) is 27.7 Å². The van der Waals surface area contributed by atoms with E-state index >= 15 is 0 Å². The Labute approximate surface area is 185 Å². The molecule has 0 aromatic carbocycles. The summed E-state index contributed by atoms with van der Waals surface area (Å²) in [6.07, 6.45) is 2.43. The van der Waals surface area contributed by atoms with Crippen LogP contribution in [0, 0.1) is 0 Å². The molecule has 0 heterocycles. The maximum absolute atomic E-state index is 2.69. The third kappa shape index (κ3) is 10.6. The average molecular weight is 412 g/mol. The third-order valence-corrected chi connectivity index (χ3v) is 5.81. The molecule has 0 spiro atoms. The molecule has 0 rings (SSSR count). The summed E-state index contributed by atoms with van der Waals surface area (Å²) in [7, 11) is 0. The van der Waals surface area contributed by atoms with E-state index in [0.717, 1.165) is 26.2 Å². The van der Waals surface area contributed by atoms with E-state index < -0.39 is 0 Å². The maximum Gasteiger partial charge on any atom is 0.0130 e. The highest BCUT2D eigenvalue weighted by molar-refractivity contribution is 4.89. The van der Waals surface area contributed by atoms with Crippen molar-refractivity contribution in [2.45, 2.75) is 144 Å². The van der Waals surface area contributed by atoms with Crippen molar-refractivity contribution in [3.8, 4) is 0 Å². The molecular formula is C26H57N3. The Bertz CT molecular complexity index is 395. The number of hydrogen-bond donors (Lipinski definition) is 0. The molecule has 0 amide bonds. The Hall–Kier alpha value is -0.120. The zero-order valence-electron chi connectivity index (χ0n) is 23.1. The van der Waals surface area contributed by atoms with Crippen LogP contribution in [0.1, 0.15) is 117 Å². The zero-order chi connectivity index (χ0) is 23.5. The largest absolute Gasteiger partial charge is 0.298 e. The van der Waals surface area contributed by atoms with E-state index in [9.17, 15) is 0 Å². The van der Waals surface area contributed by atoms with Gasteiger partial charge < -0.3 is 0 Å². The quantitative estimate of drug-likeness (QED) is 0.442. The fourth-order valence-corrected chi connectivity index (χ4v) is 4.98. The molecule has 0 unspecified atom stereocenters. The summed E-state index contributed by atoms with van der Waals surface area (Å²) >= 11 is 0. The highest BCUT2D eigenvalue weighted by Crippen LogP contribution is 2.27. The first-order chi connectivity index (χ1) is 12.6. The van der Waals surface area contributed by atoms with Gasteiger partial charge in [-0.1, -0.05) is 0 Å². The summed E-state index contributed by atoms with van der Waals surface area (Å²) in [4.78, 5) is 8.00. The van der Waals surface area contributed by atoms with Crippen LogP contribution in [0.3, 0.4) is 0 Å². The van der Waals surface area contributed by atoms with Crippen molar-refractivity contribution in [2.75, 3.05) is 26.2 Å². The van der Waals surface area contributed by atoms with Crippen LogP contribution in [0.2, 0.25) is 0 Å². The Balaban J connectivity index is 4.98. The van der Waals surface area contributed by atoms with Crippen molar-refractivity contribution in [3.05, 3.63) is 0 Å². The van der Waals surface area contributed by atoms with Gasteiger partial charge >= 0.3 is 0 Å². The molecule has 0 atom stereocenters. The predicted octanol–water partition coefficient (Wildman–Crippen LogP) is 6.67. The molecule has 0 aliphatic carbocycles. The van der Waals surface area contributed by atoms with Gasteiger partial charge in [-0.2, -0.15) is 0 Å². The molecule has 0 aliphatic heterocycles. The van der Waals surface area contributed by atoms with Crippen molar-refractivity contribution in [3.63, 3.8) is 0 Å². The Morgan fingerprint density at radius 2 is 0.586 bits per heavy atom. The van der Waals surface area contributed by atoms with E-state index in [1.807, 2.05) is 0 Å². The van der Waals surface area contributed by atoms with Gasteiger partial charge in [-0.15, -0.1) is 0 Å². The normalized spacial score (nSPS) is 15.1. The minimum Gasteiger partial charge on any atom is -0.298 e. The Morgan fingerprint density at radius 3 is 0.759 bits per heavy atom. The smallest absolute Gasteiger partial charge is 0.0130 e. The number of hydrogen-bond acceptors (Lipinski definition) is 3. The SMILES string of the molecule is CC(C)(C)N(CCCN(C(C)(C)C)C(C)(C)C)CCCN(C(C)(C)C)C(C)(C)C. The van der Waals surface area contributed by atoms with Crippen LogP contribution in [0.15, 0.2) is 0 Å². The molecular weight excluding hydrogens is 354 g/mol. The standard InChI is InChI=1S/C26H57N3/c1-22(2,3)27(18-16-20-28(23(4,5)6)24(7,8)9)19-17-21-29(25(10,11)12)26(13,14)15/h16-21H2,1-15H3. The van der Waals surface area contributed by atoms with Crippen LogP contribution < -0.4 is 0 Å². The molecule has 0 bridgehead atoms. The number of nitrogens with zero attached hydrogens (tertiary/aromatic N) is 3. The summed E-state index contributed by atoms with van der Waals surface area (Å²) in [6, 6.07) is 0. The van der Waals surface area contributed by atoms with Gasteiger partial charge in [-0.25, -0.2) is 0 Å². The molecule has 0 aromatic heterocycles. The second-order valence-corrected chi connectivity index (χ2v) is 13.9. The fourth-order valence-electron chi connectivity index (χ4n) is 4.98. The second kappa shape index (κ2) is 10.0. The summed E-state index contributed by atoms with van der Waals surface area (Å²) in [5.74, 6) is 0. The van der Waals surface area contributed by atoms with Gasteiger partial charge in [0.25, 0.3) is 0 Å². The minimum absolute atomic E-state index is 0.199. The van der Waals surface area contributed by atoms with Gasteiger partial charge in [0.2, 0.25) is 0 Å². The third-order valence-electron chi connectivity index (χ3n) is 5.81. The lowest BCUT2D eigenvalue weighted by molar-refractivity contribution is 0.0229. The van der Waals surface area contributed by atoms with Crippen LogP contribution in [0.25, 0.3) is 0 Å². The fraction of sp³-hybridized carbons (Fsp3) is 1.00. The highest BCUT2D eigenvalue weighted by Gasteiger charge is 2.33. The zero-order valence-corrected chi connectivity index (χ0v) is 23.1. The molecule has 3 nitrogen and oxygen atoms in total. The van der Waals surface area contributed by atoms with Gasteiger partial charge in [-0.05, 0) is 130 Å². The lowest BCUT2D eigenvalue weighted by atomic mass is 9.95. The van der Waals surface area contributed by atoms with Gasteiger partial charge in [0.1, 0.15) is 0 Å². The second-order valence-electron chi connectivity index (χ2n) is 13.9. The molecule has 0 saturated heterocycles. The summed E-state index contributed by atoms with van der Waals surface area (Å²) in [6.45, 7) is 39.8. The maximum atomic E-state index is 2.69. The number of rotatable bonds is 8. The van der Waals surface area contributed by atoms with Crippen LogP contribution >= 0.6 is 0 Å². The van der Waals surface area contributed by atoms with E-state index in [1.165, 1.54) is 12.8 Å². The first-order valence-electron chi connectivity index (χ1n) is 11.9. The molecule has 0 aromatic rings. The first-order valence-corrected chi connectivity index (χ1v) is 11.9. The van der Waals surface area contributed by atoms with Crippen molar-refractivity contribution in [2.24, 2.45) is 0 Å². The molecule has 0 fully saturated rings. The average Bonchev–Trinajstić information content (AvgIpc) is 2.38. The lowest BCUT2D eigenvalue weighted by Gasteiger charge is -2.47. The topological polar surface area (TPSA) is 9.72 Å². The van der Waals surface area contributed by atoms with Crippen molar-refractivity contribution < 1.29 is 0 Å². The van der Waals surface area contributed by atoms with E-state index in [4.69, 9.17) is 0 Å². The molecule has 0 radical (unpaired) electrons. The summed E-state index contributed by atoms with van der Waals surface area (Å²) in [5, 5.41) is 0. The molecule has 0 saturated carbocycles. The molecule has 3 heteroatoms. The lowest BCUT2D eigenvalue weighted by Crippen LogP contribution is -2.54. The summed E-state index contributed by atoms with van der Waals surface area (Å²) < 4.78 is 0. The Morgan fingerprint density at radius 1 is 0.345 bits per heavy atom. The minimum atomic E-state index is 0.199. The Kier molecular flexibility index (Phi) is 9.96. The van der Waals surface area contributed by atoms with Crippen molar-refractivity contribution >= 4 is 0 Å². The monoisotopic (exact) mass is 411 g/mol. The highest BCUT2D eigenvalue weighted by atomic mass is 15.3. The van der Waals surface area contributed by atoms with Gasteiger partial charge in [-0.3, -0.25) is 14.7 Å². The van der Waals surface area contributed by atoms with Crippen LogP contribution in [0.4, 0.5) is 0 Å². The van der Waals surface area contributed by atoms with Crippen LogP contribution in [-0.4, -0.2) is 68.6 Å². The van der Waals surface area contributed by atoms with E-state index in [1.54, 1.807) is 0 Å². The predicted molar refractivity (Wildman–Crippen MR) is 133 cm³/mol. The first kappa shape index (κ1) is 28.9. The summed E-state index contributed by atoms with van der Waals surface area (Å²) in [5.41, 5.74) is 1.01. The molecule has 29 heavy (non-hydrogen) atoms. The van der Waals surface area contributed by atoms with Gasteiger partial charge in [0, 0.05) is 40.8 Å². The van der Waals surface area contributed by atoms with Gasteiger partial charge in [0.15, 0.2) is 0 Å². The van der Waals surface area contributed by atoms with Gasteiger partial charge in [0.05, 0.1) is 0 Å². The van der Waals surface area contributed by atoms with Crippen molar-refractivity contribution in [1.82, 2.24) is 14.7 Å². The van der Waals surface area contributed by atoms with Crippen LogP contribution in [0.5, 0.6) is 0 Å². The van der Waals surface area contributed by atoms with E-state index in [0.29, 0.717) is 0 Å². The molecule has 176 valence electrons. The van der Waals surface area contributed by atoms with Crippen molar-refractivity contribution in [1.29, 1.82) is 0 Å².